The molecule has 1 amide bonds. The number of ether oxygens (including phenoxy) is 1. The number of hydrogen-bond donors (Lipinski definition) is 2. The average molecular weight is 321 g/mol. The third-order valence-corrected chi connectivity index (χ3v) is 3.57. The lowest BCUT2D eigenvalue weighted by molar-refractivity contribution is 0.0601. The van der Waals surface area contributed by atoms with Crippen molar-refractivity contribution >= 4 is 34.2 Å². The van der Waals surface area contributed by atoms with E-state index in [1.54, 1.807) is 13.0 Å². The number of anilines is 1. The Morgan fingerprint density at radius 2 is 1.86 bits per heavy atom. The number of esters is 1. The van der Waals surface area contributed by atoms with Crippen molar-refractivity contribution in [1.29, 1.82) is 0 Å². The van der Waals surface area contributed by atoms with Crippen molar-refractivity contribution in [1.82, 2.24) is 9.97 Å². The average Bonchev–Trinajstić information content (AvgIpc) is 2.86. The molecule has 0 atom stereocenters. The van der Waals surface area contributed by atoms with Gasteiger partial charge in [-0.1, -0.05) is 0 Å². The maximum absolute atomic E-state index is 12.2. The summed E-state index contributed by atoms with van der Waals surface area (Å²) >= 11 is 1.17. The van der Waals surface area contributed by atoms with Gasteiger partial charge in [-0.2, -0.15) is 0 Å². The number of hydrogen-bond acceptors (Lipinski definition) is 7. The molecule has 0 fully saturated rings. The van der Waals surface area contributed by atoms with Crippen LogP contribution in [0, 0.1) is 6.92 Å². The molecule has 2 heterocycles. The van der Waals surface area contributed by atoms with E-state index in [1.165, 1.54) is 30.8 Å². The van der Waals surface area contributed by atoms with Crippen LogP contribution >= 0.6 is 11.3 Å². The molecule has 114 valence electrons. The number of methoxy groups -OCH3 is 1. The van der Waals surface area contributed by atoms with Gasteiger partial charge in [0.25, 0.3) is 5.91 Å². The standard InChI is InChI=1S/C13H11N3O5S/c1-6-5-7(13(20)21-2)11(22-6)16-10(17)8-9(12(18)19)15-4-3-14-8/h3-5H,1-2H3,(H,16,17)(H,18,19). The number of nitrogens with zero attached hydrogens (tertiary/aromatic N) is 2. The fourth-order valence-corrected chi connectivity index (χ4v) is 2.59. The number of amides is 1. The topological polar surface area (TPSA) is 118 Å². The number of carbonyl (C=O) groups excluding carboxylic acids is 2. The van der Waals surface area contributed by atoms with E-state index < -0.39 is 23.5 Å². The number of thiophene rings is 1. The molecule has 22 heavy (non-hydrogen) atoms. The molecule has 0 bridgehead atoms. The van der Waals surface area contributed by atoms with Gasteiger partial charge in [0.05, 0.1) is 12.7 Å². The fraction of sp³-hybridized carbons (Fsp3) is 0.154. The van der Waals surface area contributed by atoms with Crippen LogP contribution in [0.15, 0.2) is 18.5 Å². The Morgan fingerprint density at radius 3 is 2.45 bits per heavy atom. The van der Waals surface area contributed by atoms with Crippen LogP contribution in [0.5, 0.6) is 0 Å². The molecule has 2 rings (SSSR count). The first-order valence-electron chi connectivity index (χ1n) is 5.98. The number of aromatic nitrogens is 2. The number of rotatable bonds is 4. The van der Waals surface area contributed by atoms with Gasteiger partial charge >= 0.3 is 11.9 Å². The predicted octanol–water partition coefficient (Wildman–Crippen LogP) is 1.58. The van der Waals surface area contributed by atoms with Crippen LogP contribution in [0.2, 0.25) is 0 Å². The summed E-state index contributed by atoms with van der Waals surface area (Å²) in [5.41, 5.74) is -0.608. The largest absolute Gasteiger partial charge is 0.476 e. The lowest BCUT2D eigenvalue weighted by Crippen LogP contribution is -2.20. The second-order valence-corrected chi connectivity index (χ2v) is 5.36. The summed E-state index contributed by atoms with van der Waals surface area (Å²) in [5.74, 6) is -2.73. The van der Waals surface area contributed by atoms with Gasteiger partial charge in [0, 0.05) is 17.3 Å². The number of nitrogens with one attached hydrogen (secondary N) is 1. The van der Waals surface area contributed by atoms with E-state index in [0.29, 0.717) is 0 Å². The zero-order chi connectivity index (χ0) is 16.3. The first-order valence-corrected chi connectivity index (χ1v) is 6.80. The van der Waals surface area contributed by atoms with Gasteiger partial charge in [-0.3, -0.25) is 4.79 Å². The summed E-state index contributed by atoms with van der Waals surface area (Å²) in [7, 11) is 1.23. The molecular weight excluding hydrogens is 310 g/mol. The van der Waals surface area contributed by atoms with Crippen LogP contribution in [0.1, 0.15) is 36.2 Å². The minimum atomic E-state index is -1.37. The van der Waals surface area contributed by atoms with E-state index in [9.17, 15) is 14.4 Å². The van der Waals surface area contributed by atoms with Crippen molar-refractivity contribution < 1.29 is 24.2 Å². The fourth-order valence-electron chi connectivity index (χ4n) is 1.69. The van der Waals surface area contributed by atoms with Crippen molar-refractivity contribution in [2.45, 2.75) is 6.92 Å². The smallest absolute Gasteiger partial charge is 0.356 e. The highest BCUT2D eigenvalue weighted by Crippen LogP contribution is 2.28. The van der Waals surface area contributed by atoms with Gasteiger partial charge < -0.3 is 15.2 Å². The van der Waals surface area contributed by atoms with Crippen LogP contribution in [-0.4, -0.2) is 40.0 Å². The molecule has 0 radical (unpaired) electrons. The Bertz CT molecular complexity index is 756. The molecular formula is C13H11N3O5S. The van der Waals surface area contributed by atoms with Gasteiger partial charge in [0.15, 0.2) is 11.4 Å². The third kappa shape index (κ3) is 3.09. The summed E-state index contributed by atoms with van der Waals surface area (Å²) in [6, 6.07) is 1.57. The van der Waals surface area contributed by atoms with Crippen molar-refractivity contribution in [3.63, 3.8) is 0 Å². The Hall–Kier alpha value is -2.81. The predicted molar refractivity (Wildman–Crippen MR) is 77.3 cm³/mol. The second-order valence-electron chi connectivity index (χ2n) is 4.10. The Labute approximate surface area is 128 Å². The number of aromatic carboxylic acids is 1. The van der Waals surface area contributed by atoms with Gasteiger partial charge in [0.2, 0.25) is 0 Å². The van der Waals surface area contributed by atoms with Gasteiger partial charge in [0.1, 0.15) is 5.00 Å². The van der Waals surface area contributed by atoms with Gasteiger partial charge in [-0.25, -0.2) is 19.6 Å². The van der Waals surface area contributed by atoms with Crippen molar-refractivity contribution in [2.24, 2.45) is 0 Å². The first kappa shape index (κ1) is 15.6. The molecule has 0 saturated carbocycles. The van der Waals surface area contributed by atoms with Gasteiger partial charge in [-0.05, 0) is 13.0 Å². The Kier molecular flexibility index (Phi) is 4.47. The van der Waals surface area contributed by atoms with E-state index in [2.05, 4.69) is 20.0 Å². The molecule has 2 N–H and O–H groups in total. The third-order valence-electron chi connectivity index (χ3n) is 2.60. The SMILES string of the molecule is COC(=O)c1cc(C)sc1NC(=O)c1nccnc1C(=O)O. The van der Waals surface area contributed by atoms with E-state index in [4.69, 9.17) is 5.11 Å². The lowest BCUT2D eigenvalue weighted by Gasteiger charge is -2.06. The quantitative estimate of drug-likeness (QED) is 0.821. The molecule has 8 nitrogen and oxygen atoms in total. The summed E-state index contributed by atoms with van der Waals surface area (Å²) in [6.07, 6.45) is 2.39. The van der Waals surface area contributed by atoms with Crippen LogP contribution in [0.3, 0.4) is 0 Å². The molecule has 0 spiro atoms. The van der Waals surface area contributed by atoms with E-state index in [0.717, 1.165) is 4.88 Å². The number of carboxylic acid groups (broad SMARTS) is 1. The van der Waals surface area contributed by atoms with Gasteiger partial charge in [-0.15, -0.1) is 11.3 Å². The zero-order valence-corrected chi connectivity index (χ0v) is 12.4. The molecule has 2 aromatic rings. The monoisotopic (exact) mass is 321 g/mol. The molecule has 0 aromatic carbocycles. The van der Waals surface area contributed by atoms with E-state index in [-0.39, 0.29) is 16.3 Å². The van der Waals surface area contributed by atoms with Crippen molar-refractivity contribution in [2.75, 3.05) is 12.4 Å². The maximum Gasteiger partial charge on any atom is 0.356 e. The molecule has 0 saturated heterocycles. The molecule has 9 heteroatoms. The summed E-state index contributed by atoms with van der Waals surface area (Å²) in [6.45, 7) is 1.76. The minimum Gasteiger partial charge on any atom is -0.476 e. The normalized spacial score (nSPS) is 10.1. The molecule has 0 aliphatic rings. The van der Waals surface area contributed by atoms with E-state index in [1.807, 2.05) is 0 Å². The Morgan fingerprint density at radius 1 is 1.23 bits per heavy atom. The van der Waals surface area contributed by atoms with Crippen LogP contribution in [0.25, 0.3) is 0 Å². The molecule has 2 aromatic heterocycles. The summed E-state index contributed by atoms with van der Waals surface area (Å²) in [5, 5.41) is 11.7. The van der Waals surface area contributed by atoms with Crippen LogP contribution in [0.4, 0.5) is 5.00 Å². The van der Waals surface area contributed by atoms with Crippen LogP contribution < -0.4 is 5.32 Å². The molecule has 0 aliphatic heterocycles. The highest BCUT2D eigenvalue weighted by Gasteiger charge is 2.23. The van der Waals surface area contributed by atoms with E-state index >= 15 is 0 Å². The Balaban J connectivity index is 2.34. The molecule has 0 unspecified atom stereocenters. The second kappa shape index (κ2) is 6.31. The molecule has 0 aliphatic carbocycles. The minimum absolute atomic E-state index is 0.194. The summed E-state index contributed by atoms with van der Waals surface area (Å²) in [4.78, 5) is 43.0. The zero-order valence-electron chi connectivity index (χ0n) is 11.6. The first-order chi connectivity index (χ1) is 10.4. The number of carbonyl (C=O) groups is 3. The summed E-state index contributed by atoms with van der Waals surface area (Å²) < 4.78 is 4.63. The lowest BCUT2D eigenvalue weighted by atomic mass is 10.2. The highest BCUT2D eigenvalue weighted by atomic mass is 32.1. The van der Waals surface area contributed by atoms with Crippen molar-refractivity contribution in [3.8, 4) is 0 Å². The van der Waals surface area contributed by atoms with Crippen molar-refractivity contribution in [3.05, 3.63) is 40.3 Å². The highest BCUT2D eigenvalue weighted by molar-refractivity contribution is 7.16. The number of carboxylic acids is 1. The maximum atomic E-state index is 12.2. The van der Waals surface area contributed by atoms with Crippen LogP contribution in [-0.2, 0) is 4.74 Å². The number of aryl methyl sites for hydroxylation is 1.